The summed E-state index contributed by atoms with van der Waals surface area (Å²) in [6, 6.07) is 8.00. The monoisotopic (exact) mass is 274 g/mol. The van der Waals surface area contributed by atoms with Crippen molar-refractivity contribution in [2.75, 3.05) is 11.9 Å². The van der Waals surface area contributed by atoms with E-state index in [4.69, 9.17) is 4.74 Å². The van der Waals surface area contributed by atoms with E-state index >= 15 is 0 Å². The lowest BCUT2D eigenvalue weighted by atomic mass is 10.1. The lowest BCUT2D eigenvalue weighted by molar-refractivity contribution is 0.102. The minimum absolute atomic E-state index is 0.0129. The molecule has 0 aliphatic rings. The molecular formula is C15H15FN2O2. The first-order valence-electron chi connectivity index (χ1n) is 6.27. The van der Waals surface area contributed by atoms with Crippen molar-refractivity contribution in [3.63, 3.8) is 0 Å². The van der Waals surface area contributed by atoms with Gasteiger partial charge in [-0.1, -0.05) is 12.1 Å². The number of amides is 1. The summed E-state index contributed by atoms with van der Waals surface area (Å²) in [5.74, 6) is -0.534. The highest BCUT2D eigenvalue weighted by atomic mass is 19.1. The molecule has 0 fully saturated rings. The van der Waals surface area contributed by atoms with Crippen LogP contribution < -0.4 is 10.1 Å². The van der Waals surface area contributed by atoms with Crippen LogP contribution in [0.4, 0.5) is 10.1 Å². The average Bonchev–Trinajstić information content (AvgIpc) is 2.44. The summed E-state index contributed by atoms with van der Waals surface area (Å²) in [6.45, 7) is 4.00. The number of pyridine rings is 1. The summed E-state index contributed by atoms with van der Waals surface area (Å²) < 4.78 is 19.0. The van der Waals surface area contributed by atoms with Gasteiger partial charge in [-0.2, -0.15) is 0 Å². The topological polar surface area (TPSA) is 51.2 Å². The second kappa shape index (κ2) is 6.14. The maximum Gasteiger partial charge on any atom is 0.258 e. The van der Waals surface area contributed by atoms with Gasteiger partial charge in [0.05, 0.1) is 24.1 Å². The number of anilines is 1. The molecule has 4 nitrogen and oxygen atoms in total. The molecule has 0 bridgehead atoms. The van der Waals surface area contributed by atoms with Gasteiger partial charge in [-0.3, -0.25) is 4.79 Å². The molecule has 0 radical (unpaired) electrons. The molecule has 0 saturated carbocycles. The van der Waals surface area contributed by atoms with Crippen LogP contribution in [-0.2, 0) is 0 Å². The molecule has 0 saturated heterocycles. The third kappa shape index (κ3) is 3.12. The zero-order chi connectivity index (χ0) is 14.5. The van der Waals surface area contributed by atoms with Gasteiger partial charge in [0.1, 0.15) is 5.82 Å². The summed E-state index contributed by atoms with van der Waals surface area (Å²) in [5, 5.41) is 2.60. The van der Waals surface area contributed by atoms with E-state index in [2.05, 4.69) is 10.3 Å². The van der Waals surface area contributed by atoms with E-state index < -0.39 is 11.7 Å². The predicted molar refractivity (Wildman–Crippen MR) is 74.5 cm³/mol. The molecule has 5 heteroatoms. The van der Waals surface area contributed by atoms with Crippen molar-refractivity contribution in [2.24, 2.45) is 0 Å². The molecule has 1 aromatic heterocycles. The van der Waals surface area contributed by atoms with E-state index in [1.165, 1.54) is 12.3 Å². The summed E-state index contributed by atoms with van der Waals surface area (Å²) in [4.78, 5) is 16.0. The van der Waals surface area contributed by atoms with Crippen molar-refractivity contribution in [1.82, 2.24) is 4.98 Å². The van der Waals surface area contributed by atoms with Gasteiger partial charge in [0.25, 0.3) is 5.91 Å². The van der Waals surface area contributed by atoms with Crippen LogP contribution in [0, 0.1) is 12.7 Å². The first kappa shape index (κ1) is 14.0. The van der Waals surface area contributed by atoms with Crippen molar-refractivity contribution in [3.05, 3.63) is 53.5 Å². The molecule has 0 aliphatic heterocycles. The summed E-state index contributed by atoms with van der Waals surface area (Å²) in [7, 11) is 0. The SMILES string of the molecule is CCOc1ccc(NC(=O)c2cccc(C)c2F)cn1. The molecule has 1 aromatic carbocycles. The number of benzene rings is 1. The fourth-order valence-corrected chi connectivity index (χ4v) is 1.71. The zero-order valence-electron chi connectivity index (χ0n) is 11.3. The van der Waals surface area contributed by atoms with Gasteiger partial charge in [-0.05, 0) is 31.5 Å². The van der Waals surface area contributed by atoms with Gasteiger partial charge in [0.15, 0.2) is 0 Å². The van der Waals surface area contributed by atoms with E-state index in [1.807, 2.05) is 6.92 Å². The Morgan fingerprint density at radius 1 is 1.35 bits per heavy atom. The lowest BCUT2D eigenvalue weighted by Gasteiger charge is -2.08. The number of nitrogens with one attached hydrogen (secondary N) is 1. The second-order valence-corrected chi connectivity index (χ2v) is 4.21. The highest BCUT2D eigenvalue weighted by molar-refractivity contribution is 6.04. The number of aryl methyl sites for hydroxylation is 1. The number of hydrogen-bond donors (Lipinski definition) is 1. The van der Waals surface area contributed by atoms with Gasteiger partial charge in [-0.15, -0.1) is 0 Å². The Morgan fingerprint density at radius 2 is 2.15 bits per heavy atom. The molecule has 1 amide bonds. The summed E-state index contributed by atoms with van der Waals surface area (Å²) in [6.07, 6.45) is 1.47. The third-order valence-corrected chi connectivity index (χ3v) is 2.72. The van der Waals surface area contributed by atoms with Gasteiger partial charge < -0.3 is 10.1 Å². The third-order valence-electron chi connectivity index (χ3n) is 2.72. The number of nitrogens with zero attached hydrogens (tertiary/aromatic N) is 1. The van der Waals surface area contributed by atoms with Crippen molar-refractivity contribution in [2.45, 2.75) is 13.8 Å². The maximum absolute atomic E-state index is 13.8. The van der Waals surface area contributed by atoms with E-state index in [0.29, 0.717) is 23.7 Å². The molecule has 0 spiro atoms. The number of aromatic nitrogens is 1. The first-order valence-corrected chi connectivity index (χ1v) is 6.27. The lowest BCUT2D eigenvalue weighted by Crippen LogP contribution is -2.14. The van der Waals surface area contributed by atoms with E-state index in [-0.39, 0.29) is 5.56 Å². The van der Waals surface area contributed by atoms with Gasteiger partial charge >= 0.3 is 0 Å². The van der Waals surface area contributed by atoms with Crippen molar-refractivity contribution in [1.29, 1.82) is 0 Å². The number of hydrogen-bond acceptors (Lipinski definition) is 3. The van der Waals surface area contributed by atoms with Crippen LogP contribution in [0.3, 0.4) is 0 Å². The minimum atomic E-state index is -0.510. The van der Waals surface area contributed by atoms with Crippen LogP contribution in [0.2, 0.25) is 0 Å². The number of carbonyl (C=O) groups is 1. The van der Waals surface area contributed by atoms with Crippen LogP contribution in [0.25, 0.3) is 0 Å². The van der Waals surface area contributed by atoms with Crippen molar-refractivity contribution >= 4 is 11.6 Å². The summed E-state index contributed by atoms with van der Waals surface area (Å²) >= 11 is 0. The molecule has 0 atom stereocenters. The van der Waals surface area contributed by atoms with E-state index in [1.54, 1.807) is 31.2 Å². The first-order chi connectivity index (χ1) is 9.61. The fourth-order valence-electron chi connectivity index (χ4n) is 1.71. The average molecular weight is 274 g/mol. The molecular weight excluding hydrogens is 259 g/mol. The molecule has 1 N–H and O–H groups in total. The summed E-state index contributed by atoms with van der Waals surface area (Å²) in [5.41, 5.74) is 0.931. The van der Waals surface area contributed by atoms with Crippen LogP contribution in [-0.4, -0.2) is 17.5 Å². The predicted octanol–water partition coefficient (Wildman–Crippen LogP) is 3.18. The Balaban J connectivity index is 2.13. The van der Waals surface area contributed by atoms with Gasteiger partial charge in [0.2, 0.25) is 5.88 Å². The Hall–Kier alpha value is -2.43. The Labute approximate surface area is 116 Å². The quantitative estimate of drug-likeness (QED) is 0.931. The Morgan fingerprint density at radius 3 is 2.80 bits per heavy atom. The number of halogens is 1. The van der Waals surface area contributed by atoms with Crippen molar-refractivity contribution < 1.29 is 13.9 Å². The maximum atomic E-state index is 13.8. The molecule has 0 aliphatic carbocycles. The molecule has 1 heterocycles. The molecule has 0 unspecified atom stereocenters. The normalized spacial score (nSPS) is 10.2. The molecule has 104 valence electrons. The fraction of sp³-hybridized carbons (Fsp3) is 0.200. The number of ether oxygens (including phenoxy) is 1. The van der Waals surface area contributed by atoms with Crippen molar-refractivity contribution in [3.8, 4) is 5.88 Å². The largest absolute Gasteiger partial charge is 0.478 e. The van der Waals surface area contributed by atoms with E-state index in [9.17, 15) is 9.18 Å². The smallest absolute Gasteiger partial charge is 0.258 e. The van der Waals surface area contributed by atoms with Gasteiger partial charge in [-0.25, -0.2) is 9.37 Å². The van der Waals surface area contributed by atoms with E-state index in [0.717, 1.165) is 0 Å². The number of carbonyl (C=O) groups excluding carboxylic acids is 1. The molecule has 20 heavy (non-hydrogen) atoms. The zero-order valence-corrected chi connectivity index (χ0v) is 11.3. The Kier molecular flexibility index (Phi) is 4.30. The van der Waals surface area contributed by atoms with Crippen LogP contribution in [0.1, 0.15) is 22.8 Å². The van der Waals surface area contributed by atoms with Crippen LogP contribution in [0.5, 0.6) is 5.88 Å². The van der Waals surface area contributed by atoms with Crippen LogP contribution in [0.15, 0.2) is 36.5 Å². The highest BCUT2D eigenvalue weighted by Crippen LogP contribution is 2.16. The Bertz CT molecular complexity index is 612. The highest BCUT2D eigenvalue weighted by Gasteiger charge is 2.13. The molecule has 2 rings (SSSR count). The number of rotatable bonds is 4. The van der Waals surface area contributed by atoms with Crippen LogP contribution >= 0.6 is 0 Å². The van der Waals surface area contributed by atoms with Gasteiger partial charge in [0, 0.05) is 6.07 Å². The minimum Gasteiger partial charge on any atom is -0.478 e. The molecule has 2 aromatic rings. The second-order valence-electron chi connectivity index (χ2n) is 4.21. The standard InChI is InChI=1S/C15H15FN2O2/c1-3-20-13-8-7-11(9-17-13)18-15(19)12-6-4-5-10(2)14(12)16/h4-9H,3H2,1-2H3,(H,18,19).